The van der Waals surface area contributed by atoms with E-state index in [1.807, 2.05) is 24.3 Å². The number of aromatic nitrogens is 2. The molecule has 0 saturated carbocycles. The number of nitrogens with zero attached hydrogens (tertiary/aromatic N) is 2. The van der Waals surface area contributed by atoms with Crippen LogP contribution in [0.15, 0.2) is 48.5 Å². The number of hydrogen-bond acceptors (Lipinski definition) is 5. The van der Waals surface area contributed by atoms with Crippen LogP contribution >= 0.6 is 11.6 Å². The number of anilines is 1. The predicted molar refractivity (Wildman–Crippen MR) is 120 cm³/mol. The fourth-order valence-electron chi connectivity index (χ4n) is 3.41. The standard InChI is InChI=1S/C22H22ClN3O4S/c1-14(2)15-3-9-18(10-4-15)30-11-21(27)24-22-19-12-31(28,29)13-20(19)25-26(22)17-7-5-16(23)6-8-17/h3-10,14H,11-13H2,1-2H3,(H,24,27). The first-order valence-electron chi connectivity index (χ1n) is 9.81. The Labute approximate surface area is 185 Å². The summed E-state index contributed by atoms with van der Waals surface area (Å²) in [6.45, 7) is 3.99. The van der Waals surface area contributed by atoms with Crippen LogP contribution in [-0.4, -0.2) is 30.7 Å². The van der Waals surface area contributed by atoms with E-state index < -0.39 is 15.7 Å². The number of fused-ring (bicyclic) bond motifs is 1. The number of sulfone groups is 1. The molecule has 0 saturated heterocycles. The topological polar surface area (TPSA) is 90.3 Å². The number of halogens is 1. The fourth-order valence-corrected chi connectivity index (χ4v) is 5.03. The summed E-state index contributed by atoms with van der Waals surface area (Å²) in [5, 5.41) is 7.77. The van der Waals surface area contributed by atoms with Gasteiger partial charge in [-0.25, -0.2) is 13.1 Å². The second-order valence-corrected chi connectivity index (χ2v) is 10.3. The number of ether oxygens (including phenoxy) is 1. The van der Waals surface area contributed by atoms with Gasteiger partial charge >= 0.3 is 0 Å². The third-order valence-corrected chi connectivity index (χ3v) is 6.73. The summed E-state index contributed by atoms with van der Waals surface area (Å²) < 4.78 is 31.3. The lowest BCUT2D eigenvalue weighted by Gasteiger charge is -2.12. The van der Waals surface area contributed by atoms with E-state index in [9.17, 15) is 13.2 Å². The van der Waals surface area contributed by atoms with Gasteiger partial charge in [-0.2, -0.15) is 5.10 Å². The van der Waals surface area contributed by atoms with E-state index in [1.54, 1.807) is 24.3 Å². The molecule has 1 aliphatic rings. The van der Waals surface area contributed by atoms with Crippen LogP contribution in [-0.2, 0) is 26.1 Å². The molecule has 1 amide bonds. The van der Waals surface area contributed by atoms with E-state index in [2.05, 4.69) is 24.3 Å². The Balaban J connectivity index is 1.54. The van der Waals surface area contributed by atoms with Gasteiger partial charge in [0.1, 0.15) is 11.6 Å². The monoisotopic (exact) mass is 459 g/mol. The first-order valence-corrected chi connectivity index (χ1v) is 12.0. The fraction of sp³-hybridized carbons (Fsp3) is 0.273. The minimum atomic E-state index is -3.27. The lowest BCUT2D eigenvalue weighted by atomic mass is 10.0. The van der Waals surface area contributed by atoms with Crippen molar-refractivity contribution in [1.29, 1.82) is 0 Å². The van der Waals surface area contributed by atoms with Crippen molar-refractivity contribution in [3.63, 3.8) is 0 Å². The average molecular weight is 460 g/mol. The Morgan fingerprint density at radius 1 is 1.13 bits per heavy atom. The first-order chi connectivity index (χ1) is 14.7. The second kappa shape index (κ2) is 8.36. The van der Waals surface area contributed by atoms with Gasteiger partial charge in [0.2, 0.25) is 0 Å². The van der Waals surface area contributed by atoms with Crippen LogP contribution in [0.4, 0.5) is 5.82 Å². The van der Waals surface area contributed by atoms with E-state index in [-0.39, 0.29) is 18.1 Å². The van der Waals surface area contributed by atoms with Gasteiger partial charge in [0, 0.05) is 10.6 Å². The molecule has 1 aromatic heterocycles. The van der Waals surface area contributed by atoms with Crippen LogP contribution in [0.5, 0.6) is 5.75 Å². The van der Waals surface area contributed by atoms with Gasteiger partial charge in [0.15, 0.2) is 16.4 Å². The highest BCUT2D eigenvalue weighted by atomic mass is 35.5. The number of carbonyl (C=O) groups is 1. The van der Waals surface area contributed by atoms with Crippen LogP contribution in [0.1, 0.15) is 36.6 Å². The Kier molecular flexibility index (Phi) is 5.77. The quantitative estimate of drug-likeness (QED) is 0.599. The molecule has 0 aliphatic carbocycles. The first kappa shape index (κ1) is 21.4. The van der Waals surface area contributed by atoms with Gasteiger partial charge in [-0.3, -0.25) is 4.79 Å². The van der Waals surface area contributed by atoms with Gasteiger partial charge < -0.3 is 10.1 Å². The molecule has 7 nitrogen and oxygen atoms in total. The molecule has 0 unspecified atom stereocenters. The normalized spacial score (nSPS) is 14.5. The maximum absolute atomic E-state index is 12.6. The highest BCUT2D eigenvalue weighted by molar-refractivity contribution is 7.90. The zero-order chi connectivity index (χ0) is 22.2. The zero-order valence-corrected chi connectivity index (χ0v) is 18.7. The molecule has 0 radical (unpaired) electrons. The minimum Gasteiger partial charge on any atom is -0.484 e. The largest absolute Gasteiger partial charge is 0.484 e. The molecule has 1 N–H and O–H groups in total. The molecule has 0 fully saturated rings. The molecule has 3 aromatic rings. The zero-order valence-electron chi connectivity index (χ0n) is 17.1. The smallest absolute Gasteiger partial charge is 0.263 e. The highest BCUT2D eigenvalue weighted by Crippen LogP contribution is 2.33. The highest BCUT2D eigenvalue weighted by Gasteiger charge is 2.33. The summed E-state index contributed by atoms with van der Waals surface area (Å²) >= 11 is 5.97. The third kappa shape index (κ3) is 4.75. The van der Waals surface area contributed by atoms with E-state index in [1.165, 1.54) is 10.2 Å². The maximum Gasteiger partial charge on any atom is 0.263 e. The van der Waals surface area contributed by atoms with Crippen LogP contribution < -0.4 is 10.1 Å². The molecule has 0 atom stereocenters. The van der Waals surface area contributed by atoms with Crippen LogP contribution in [0.3, 0.4) is 0 Å². The molecule has 0 bridgehead atoms. The molecule has 1 aliphatic heterocycles. The van der Waals surface area contributed by atoms with Crippen molar-refractivity contribution >= 4 is 33.2 Å². The summed E-state index contributed by atoms with van der Waals surface area (Å²) in [7, 11) is -3.27. The molecular formula is C22H22ClN3O4S. The van der Waals surface area contributed by atoms with Crippen molar-refractivity contribution in [3.05, 3.63) is 70.4 Å². The Morgan fingerprint density at radius 3 is 2.45 bits per heavy atom. The molecular weight excluding hydrogens is 438 g/mol. The van der Waals surface area contributed by atoms with Gasteiger partial charge in [-0.15, -0.1) is 0 Å². The lowest BCUT2D eigenvalue weighted by molar-refractivity contribution is -0.118. The van der Waals surface area contributed by atoms with E-state index in [0.29, 0.717) is 39.5 Å². The van der Waals surface area contributed by atoms with Gasteiger partial charge in [-0.05, 0) is 47.9 Å². The molecule has 162 valence electrons. The number of carbonyl (C=O) groups excluding carboxylic acids is 1. The van der Waals surface area contributed by atoms with Gasteiger partial charge in [0.25, 0.3) is 5.91 Å². The van der Waals surface area contributed by atoms with Crippen molar-refractivity contribution in [2.24, 2.45) is 0 Å². The summed E-state index contributed by atoms with van der Waals surface area (Å²) in [5.74, 6) is 0.604. The number of benzene rings is 2. The Bertz CT molecular complexity index is 1220. The van der Waals surface area contributed by atoms with Crippen LogP contribution in [0.2, 0.25) is 5.02 Å². The Hall–Kier alpha value is -2.84. The summed E-state index contributed by atoms with van der Waals surface area (Å²) in [6, 6.07) is 14.5. The molecule has 9 heteroatoms. The summed E-state index contributed by atoms with van der Waals surface area (Å²) in [5.41, 5.74) is 2.79. The number of rotatable bonds is 6. The maximum atomic E-state index is 12.6. The molecule has 2 heterocycles. The van der Waals surface area contributed by atoms with Crippen molar-refractivity contribution in [3.8, 4) is 11.4 Å². The van der Waals surface area contributed by atoms with Gasteiger partial charge in [-0.1, -0.05) is 37.6 Å². The lowest BCUT2D eigenvalue weighted by Crippen LogP contribution is -2.22. The SMILES string of the molecule is CC(C)c1ccc(OCC(=O)Nc2c3c(nn2-c2ccc(Cl)cc2)CS(=O)(=O)C3)cc1. The van der Waals surface area contributed by atoms with Crippen molar-refractivity contribution in [1.82, 2.24) is 9.78 Å². The predicted octanol–water partition coefficient (Wildman–Crippen LogP) is 4.10. The van der Waals surface area contributed by atoms with Crippen molar-refractivity contribution < 1.29 is 17.9 Å². The van der Waals surface area contributed by atoms with Crippen LogP contribution in [0, 0.1) is 0 Å². The van der Waals surface area contributed by atoms with Crippen molar-refractivity contribution in [2.75, 3.05) is 11.9 Å². The van der Waals surface area contributed by atoms with E-state index in [4.69, 9.17) is 16.3 Å². The molecule has 2 aromatic carbocycles. The molecule has 31 heavy (non-hydrogen) atoms. The number of hydrogen-bond donors (Lipinski definition) is 1. The Morgan fingerprint density at radius 2 is 1.81 bits per heavy atom. The summed E-state index contributed by atoms with van der Waals surface area (Å²) in [4.78, 5) is 12.6. The van der Waals surface area contributed by atoms with Gasteiger partial charge in [0.05, 0.1) is 22.9 Å². The molecule has 0 spiro atoms. The average Bonchev–Trinajstić information content (AvgIpc) is 3.19. The van der Waals surface area contributed by atoms with Crippen LogP contribution in [0.25, 0.3) is 5.69 Å². The second-order valence-electron chi connectivity index (χ2n) is 7.75. The van der Waals surface area contributed by atoms with E-state index in [0.717, 1.165) is 0 Å². The summed E-state index contributed by atoms with van der Waals surface area (Å²) in [6.07, 6.45) is 0. The van der Waals surface area contributed by atoms with E-state index >= 15 is 0 Å². The number of nitrogens with one attached hydrogen (secondary N) is 1. The molecule has 4 rings (SSSR count). The van der Waals surface area contributed by atoms with Crippen molar-refractivity contribution in [2.45, 2.75) is 31.3 Å². The minimum absolute atomic E-state index is 0.148. The number of amides is 1. The third-order valence-electron chi connectivity index (χ3n) is 5.03.